The SMILES string of the molecule is CC1C(C(=O)O)CCN1C(=O)CCCc1ccccc1. The van der Waals surface area contributed by atoms with Crippen LogP contribution in [-0.4, -0.2) is 34.5 Å². The van der Waals surface area contributed by atoms with Crippen molar-refractivity contribution in [2.45, 2.75) is 38.6 Å². The molecule has 1 aliphatic heterocycles. The van der Waals surface area contributed by atoms with Crippen molar-refractivity contribution in [3.8, 4) is 0 Å². The van der Waals surface area contributed by atoms with Crippen molar-refractivity contribution < 1.29 is 14.7 Å². The topological polar surface area (TPSA) is 57.6 Å². The second-order valence-corrected chi connectivity index (χ2v) is 5.40. The third-order valence-corrected chi connectivity index (χ3v) is 4.09. The predicted molar refractivity (Wildman–Crippen MR) is 76.3 cm³/mol. The number of nitrogens with zero attached hydrogens (tertiary/aromatic N) is 1. The number of hydrogen-bond donors (Lipinski definition) is 1. The van der Waals surface area contributed by atoms with E-state index in [1.54, 1.807) is 4.90 Å². The number of carbonyl (C=O) groups excluding carboxylic acids is 1. The van der Waals surface area contributed by atoms with E-state index in [2.05, 4.69) is 12.1 Å². The Morgan fingerprint density at radius 2 is 2.00 bits per heavy atom. The van der Waals surface area contributed by atoms with Crippen molar-refractivity contribution in [1.82, 2.24) is 4.90 Å². The van der Waals surface area contributed by atoms with Crippen LogP contribution in [0.2, 0.25) is 0 Å². The molecular formula is C16H21NO3. The number of amides is 1. The lowest BCUT2D eigenvalue weighted by atomic mass is 10.0. The summed E-state index contributed by atoms with van der Waals surface area (Å²) in [7, 11) is 0. The molecule has 4 nitrogen and oxygen atoms in total. The first-order valence-electron chi connectivity index (χ1n) is 7.16. The first-order chi connectivity index (χ1) is 9.59. The summed E-state index contributed by atoms with van der Waals surface area (Å²) in [6.45, 7) is 2.41. The van der Waals surface area contributed by atoms with Crippen molar-refractivity contribution in [2.75, 3.05) is 6.54 Å². The standard InChI is InChI=1S/C16H21NO3/c1-12-14(16(19)20)10-11-17(12)15(18)9-5-8-13-6-3-2-4-7-13/h2-4,6-7,12,14H,5,8-11H2,1H3,(H,19,20). The van der Waals surface area contributed by atoms with E-state index in [9.17, 15) is 9.59 Å². The number of likely N-dealkylation sites (tertiary alicyclic amines) is 1. The van der Waals surface area contributed by atoms with E-state index < -0.39 is 11.9 Å². The number of aryl methyl sites for hydroxylation is 1. The van der Waals surface area contributed by atoms with Gasteiger partial charge in [0.25, 0.3) is 0 Å². The smallest absolute Gasteiger partial charge is 0.308 e. The van der Waals surface area contributed by atoms with Crippen LogP contribution in [0.5, 0.6) is 0 Å². The molecule has 0 aliphatic carbocycles. The van der Waals surface area contributed by atoms with Crippen molar-refractivity contribution >= 4 is 11.9 Å². The molecular weight excluding hydrogens is 254 g/mol. The zero-order valence-corrected chi connectivity index (χ0v) is 11.8. The van der Waals surface area contributed by atoms with Gasteiger partial charge in [0, 0.05) is 19.0 Å². The number of carboxylic acid groups (broad SMARTS) is 1. The van der Waals surface area contributed by atoms with Crippen molar-refractivity contribution in [1.29, 1.82) is 0 Å². The number of carbonyl (C=O) groups is 2. The summed E-state index contributed by atoms with van der Waals surface area (Å²) in [5, 5.41) is 9.07. The van der Waals surface area contributed by atoms with Gasteiger partial charge < -0.3 is 10.0 Å². The van der Waals surface area contributed by atoms with Crippen molar-refractivity contribution in [2.24, 2.45) is 5.92 Å². The van der Waals surface area contributed by atoms with E-state index in [1.165, 1.54) is 5.56 Å². The highest BCUT2D eigenvalue weighted by Crippen LogP contribution is 2.25. The fourth-order valence-electron chi connectivity index (χ4n) is 2.85. The quantitative estimate of drug-likeness (QED) is 0.897. The largest absolute Gasteiger partial charge is 0.481 e. The number of benzene rings is 1. The maximum Gasteiger partial charge on any atom is 0.308 e. The first-order valence-corrected chi connectivity index (χ1v) is 7.16. The van der Waals surface area contributed by atoms with E-state index in [4.69, 9.17) is 5.11 Å². The summed E-state index contributed by atoms with van der Waals surface area (Å²) in [5.41, 5.74) is 1.23. The van der Waals surface area contributed by atoms with Crippen LogP contribution in [0.1, 0.15) is 31.7 Å². The first kappa shape index (κ1) is 14.6. The monoisotopic (exact) mass is 275 g/mol. The molecule has 4 heteroatoms. The molecule has 0 radical (unpaired) electrons. The number of hydrogen-bond acceptors (Lipinski definition) is 2. The highest BCUT2D eigenvalue weighted by atomic mass is 16.4. The van der Waals surface area contributed by atoms with Gasteiger partial charge in [0.05, 0.1) is 5.92 Å². The summed E-state index contributed by atoms with van der Waals surface area (Å²) in [6, 6.07) is 9.91. The highest BCUT2D eigenvalue weighted by molar-refractivity contribution is 5.79. The van der Waals surface area contributed by atoms with Crippen molar-refractivity contribution in [3.63, 3.8) is 0 Å². The minimum atomic E-state index is -0.794. The molecule has 2 rings (SSSR count). The Hall–Kier alpha value is -1.84. The third-order valence-electron chi connectivity index (χ3n) is 4.09. The van der Waals surface area contributed by atoms with E-state index in [1.807, 2.05) is 25.1 Å². The normalized spacial score (nSPS) is 21.9. The molecule has 2 atom stereocenters. The van der Waals surface area contributed by atoms with Gasteiger partial charge in [-0.1, -0.05) is 30.3 Å². The van der Waals surface area contributed by atoms with Gasteiger partial charge in [0.2, 0.25) is 5.91 Å². The molecule has 1 aromatic carbocycles. The van der Waals surface area contributed by atoms with Gasteiger partial charge in [-0.2, -0.15) is 0 Å². The fraction of sp³-hybridized carbons (Fsp3) is 0.500. The molecule has 1 aromatic rings. The van der Waals surface area contributed by atoms with E-state index in [0.717, 1.165) is 12.8 Å². The molecule has 1 saturated heterocycles. The van der Waals surface area contributed by atoms with Crippen molar-refractivity contribution in [3.05, 3.63) is 35.9 Å². The second-order valence-electron chi connectivity index (χ2n) is 5.40. The molecule has 1 heterocycles. The van der Waals surface area contributed by atoms with Crippen LogP contribution < -0.4 is 0 Å². The van der Waals surface area contributed by atoms with Gasteiger partial charge in [-0.25, -0.2) is 0 Å². The Kier molecular flexibility index (Phi) is 4.77. The Morgan fingerprint density at radius 1 is 1.30 bits per heavy atom. The fourth-order valence-corrected chi connectivity index (χ4v) is 2.85. The van der Waals surface area contributed by atoms with Crippen LogP contribution in [0.4, 0.5) is 0 Å². The minimum absolute atomic E-state index is 0.0807. The van der Waals surface area contributed by atoms with Gasteiger partial charge in [-0.3, -0.25) is 9.59 Å². The number of aliphatic carboxylic acids is 1. The maximum atomic E-state index is 12.1. The van der Waals surface area contributed by atoms with Crippen LogP contribution in [-0.2, 0) is 16.0 Å². The molecule has 1 fully saturated rings. The molecule has 0 saturated carbocycles. The van der Waals surface area contributed by atoms with Gasteiger partial charge in [0.1, 0.15) is 0 Å². The van der Waals surface area contributed by atoms with Gasteiger partial charge in [0.15, 0.2) is 0 Å². The molecule has 2 unspecified atom stereocenters. The average molecular weight is 275 g/mol. The lowest BCUT2D eigenvalue weighted by molar-refractivity contribution is -0.143. The number of rotatable bonds is 5. The van der Waals surface area contributed by atoms with E-state index in [-0.39, 0.29) is 11.9 Å². The third kappa shape index (κ3) is 3.38. The molecule has 0 spiro atoms. The lowest BCUT2D eigenvalue weighted by Crippen LogP contribution is -2.37. The zero-order chi connectivity index (χ0) is 14.5. The van der Waals surface area contributed by atoms with E-state index >= 15 is 0 Å². The molecule has 1 N–H and O–H groups in total. The van der Waals surface area contributed by atoms with Crippen LogP contribution in [0.3, 0.4) is 0 Å². The van der Waals surface area contributed by atoms with Crippen LogP contribution in [0.15, 0.2) is 30.3 Å². The molecule has 1 aliphatic rings. The van der Waals surface area contributed by atoms with E-state index in [0.29, 0.717) is 19.4 Å². The number of carboxylic acids is 1. The van der Waals surface area contributed by atoms with Gasteiger partial charge >= 0.3 is 5.97 Å². The summed E-state index contributed by atoms with van der Waals surface area (Å²) >= 11 is 0. The predicted octanol–water partition coefficient (Wildman–Crippen LogP) is 2.33. The van der Waals surface area contributed by atoms with Gasteiger partial charge in [-0.05, 0) is 31.7 Å². The van der Waals surface area contributed by atoms with Gasteiger partial charge in [-0.15, -0.1) is 0 Å². The highest BCUT2D eigenvalue weighted by Gasteiger charge is 2.37. The average Bonchev–Trinajstić information content (AvgIpc) is 2.82. The summed E-state index contributed by atoms with van der Waals surface area (Å²) in [4.78, 5) is 24.9. The Balaban J connectivity index is 1.80. The maximum absolute atomic E-state index is 12.1. The zero-order valence-electron chi connectivity index (χ0n) is 11.8. The molecule has 0 aromatic heterocycles. The second kappa shape index (κ2) is 6.55. The molecule has 0 bridgehead atoms. The molecule has 108 valence electrons. The summed E-state index contributed by atoms with van der Waals surface area (Å²) in [5.74, 6) is -1.12. The summed E-state index contributed by atoms with van der Waals surface area (Å²) in [6.07, 6.45) is 2.76. The molecule has 20 heavy (non-hydrogen) atoms. The van der Waals surface area contributed by atoms with Crippen LogP contribution >= 0.6 is 0 Å². The Labute approximate surface area is 119 Å². The van der Waals surface area contributed by atoms with Crippen LogP contribution in [0, 0.1) is 5.92 Å². The van der Waals surface area contributed by atoms with Crippen LogP contribution in [0.25, 0.3) is 0 Å². The Bertz CT molecular complexity index is 472. The lowest BCUT2D eigenvalue weighted by Gasteiger charge is -2.23. The summed E-state index contributed by atoms with van der Waals surface area (Å²) < 4.78 is 0. The minimum Gasteiger partial charge on any atom is -0.481 e. The Morgan fingerprint density at radius 3 is 2.60 bits per heavy atom. The molecule has 1 amide bonds.